The molecule has 8 nitrogen and oxygen atoms in total. The van der Waals surface area contributed by atoms with Gasteiger partial charge in [0.15, 0.2) is 0 Å². The fourth-order valence-corrected chi connectivity index (χ4v) is 3.51. The van der Waals surface area contributed by atoms with Crippen molar-refractivity contribution in [3.8, 4) is 0 Å². The Morgan fingerprint density at radius 1 is 0.356 bits per heavy atom. The zero-order valence-corrected chi connectivity index (χ0v) is 43.5. The van der Waals surface area contributed by atoms with Gasteiger partial charge in [-0.25, -0.2) is 0 Å². The SMILES string of the molecule is CC(=O)[O-].CCC(=O)[O-].CCCCCCCC(=O)[O-].CCCCCCCCCCCCCCCCCC(=O)[O-].[Na+].[Na+].[Na+].[Na+].[Na+].[Na+]. The van der Waals surface area contributed by atoms with Gasteiger partial charge in [-0.15, -0.1) is 0 Å². The fraction of sp³-hybridized carbons (Fsp3) is 0.871. The molecule has 0 atom stereocenters. The van der Waals surface area contributed by atoms with E-state index in [0.29, 0.717) is 0 Å². The molecule has 0 saturated heterocycles. The summed E-state index contributed by atoms with van der Waals surface area (Å²) in [6.45, 7) is 6.91. The molecule has 0 aliphatic rings. The van der Waals surface area contributed by atoms with Crippen molar-refractivity contribution in [3.63, 3.8) is 0 Å². The van der Waals surface area contributed by atoms with Crippen LogP contribution in [0, 0.1) is 0 Å². The maximum absolute atomic E-state index is 10.2. The van der Waals surface area contributed by atoms with Crippen molar-refractivity contribution in [1.82, 2.24) is 0 Å². The second kappa shape index (κ2) is 69.6. The molecule has 0 aromatic heterocycles. The Morgan fingerprint density at radius 3 is 0.644 bits per heavy atom. The van der Waals surface area contributed by atoms with Crippen LogP contribution in [0.1, 0.15) is 175 Å². The van der Waals surface area contributed by atoms with Crippen LogP contribution in [0.4, 0.5) is 0 Å². The number of carboxylic acid groups (broad SMARTS) is 4. The maximum Gasteiger partial charge on any atom is 1.00 e. The third-order valence-corrected chi connectivity index (χ3v) is 5.76. The van der Waals surface area contributed by atoms with Gasteiger partial charge in [0.05, 0.1) is 0 Å². The molecule has 0 fully saturated rings. The molecule has 0 spiro atoms. The van der Waals surface area contributed by atoms with Crippen LogP contribution in [0.15, 0.2) is 0 Å². The quantitative estimate of drug-likeness (QED) is 0.0753. The molecule has 45 heavy (non-hydrogen) atoms. The van der Waals surface area contributed by atoms with Crippen molar-refractivity contribution in [3.05, 3.63) is 0 Å². The minimum Gasteiger partial charge on any atom is -0.550 e. The molecule has 0 bridgehead atoms. The van der Waals surface area contributed by atoms with E-state index in [-0.39, 0.29) is 197 Å². The standard InChI is InChI=1S/C18H36O2.C8H16O2.C3H6O2.C2H4O2.6Na/c1-2-3-4-5-6-7-8-9-10-11-12-13-14-15-16-17-18(19)20;1-2-3-4-5-6-7-8(9)10;1-2-3(4)5;1-2(3)4;;;;;;/h2-17H2,1H3,(H,19,20);2-7H2,1H3,(H,9,10);2H2,1H3,(H,4,5);1H3,(H,3,4);;;;;;/q;;;;6*+1/p-4. The monoisotopic (exact) mass is 696 g/mol. The number of carbonyl (C=O) groups excluding carboxylic acids is 4. The number of hydrogen-bond donors (Lipinski definition) is 0. The van der Waals surface area contributed by atoms with E-state index in [9.17, 15) is 29.7 Å². The van der Waals surface area contributed by atoms with Crippen LogP contribution in [-0.4, -0.2) is 23.9 Å². The molecule has 0 unspecified atom stereocenters. The molecular formula is C31H58Na6O8+2. The van der Waals surface area contributed by atoms with Gasteiger partial charge in [0.1, 0.15) is 0 Å². The van der Waals surface area contributed by atoms with Crippen molar-refractivity contribution in [2.45, 2.75) is 175 Å². The Labute approximate surface area is 409 Å². The van der Waals surface area contributed by atoms with Crippen molar-refractivity contribution in [2.75, 3.05) is 0 Å². The van der Waals surface area contributed by atoms with Gasteiger partial charge in [-0.05, 0) is 39.0 Å². The summed E-state index contributed by atoms with van der Waals surface area (Å²) in [5.41, 5.74) is 0. The summed E-state index contributed by atoms with van der Waals surface area (Å²) in [6.07, 6.45) is 25.6. The maximum atomic E-state index is 10.2. The average molecular weight is 697 g/mol. The molecule has 0 rings (SSSR count). The molecule has 0 N–H and O–H groups in total. The zero-order chi connectivity index (χ0) is 30.6. The topological polar surface area (TPSA) is 161 Å². The summed E-state index contributed by atoms with van der Waals surface area (Å²) in [6, 6.07) is 0. The number of aliphatic carboxylic acids is 4. The summed E-state index contributed by atoms with van der Waals surface area (Å²) in [5.74, 6) is -3.90. The molecule has 234 valence electrons. The second-order valence-electron chi connectivity index (χ2n) is 9.83. The van der Waals surface area contributed by atoms with Crippen LogP contribution >= 0.6 is 0 Å². The van der Waals surface area contributed by atoms with Crippen molar-refractivity contribution in [1.29, 1.82) is 0 Å². The van der Waals surface area contributed by atoms with Crippen LogP contribution in [0.2, 0.25) is 0 Å². The van der Waals surface area contributed by atoms with E-state index in [1.54, 1.807) is 0 Å². The van der Waals surface area contributed by atoms with Crippen LogP contribution in [0.3, 0.4) is 0 Å². The molecule has 0 aliphatic carbocycles. The molecule has 0 saturated carbocycles. The molecule has 0 aromatic rings. The Balaban J connectivity index is -0.0000000521. The van der Waals surface area contributed by atoms with Gasteiger partial charge in [-0.1, -0.05) is 136 Å². The predicted octanol–water partition coefficient (Wildman–Crippen LogP) is -14.0. The van der Waals surface area contributed by atoms with Gasteiger partial charge in [0.25, 0.3) is 0 Å². The Morgan fingerprint density at radius 2 is 0.511 bits per heavy atom. The van der Waals surface area contributed by atoms with Crippen molar-refractivity contribution < 1.29 is 217 Å². The number of carbonyl (C=O) groups is 4. The first-order chi connectivity index (χ1) is 18.5. The van der Waals surface area contributed by atoms with Gasteiger partial charge in [-0.3, -0.25) is 0 Å². The van der Waals surface area contributed by atoms with Crippen LogP contribution in [0.25, 0.3) is 0 Å². The smallest absolute Gasteiger partial charge is 0.550 e. The second-order valence-corrected chi connectivity index (χ2v) is 9.83. The first-order valence-corrected chi connectivity index (χ1v) is 15.3. The third kappa shape index (κ3) is 113. The first-order valence-electron chi connectivity index (χ1n) is 15.3. The van der Waals surface area contributed by atoms with Crippen LogP contribution in [0.5, 0.6) is 0 Å². The Bertz CT molecular complexity index is 556. The summed E-state index contributed by atoms with van der Waals surface area (Å²) >= 11 is 0. The summed E-state index contributed by atoms with van der Waals surface area (Å²) < 4.78 is 0. The third-order valence-electron chi connectivity index (χ3n) is 5.76. The van der Waals surface area contributed by atoms with E-state index in [0.717, 1.165) is 39.0 Å². The van der Waals surface area contributed by atoms with E-state index in [4.69, 9.17) is 9.90 Å². The number of unbranched alkanes of at least 4 members (excludes halogenated alkanes) is 18. The Kier molecular flexibility index (Phi) is 115. The molecule has 0 heterocycles. The minimum absolute atomic E-state index is 0. The summed E-state index contributed by atoms with van der Waals surface area (Å²) in [5, 5.41) is 38.3. The number of rotatable bonds is 23. The van der Waals surface area contributed by atoms with E-state index in [2.05, 4.69) is 13.8 Å². The minimum atomic E-state index is -1.08. The fourth-order valence-electron chi connectivity index (χ4n) is 3.51. The Hall–Kier alpha value is 3.88. The van der Waals surface area contributed by atoms with Gasteiger partial charge < -0.3 is 39.6 Å². The summed E-state index contributed by atoms with van der Waals surface area (Å²) in [7, 11) is 0. The van der Waals surface area contributed by atoms with Crippen molar-refractivity contribution >= 4 is 23.9 Å². The van der Waals surface area contributed by atoms with Crippen LogP contribution < -0.4 is 198 Å². The molecule has 14 heteroatoms. The molecule has 0 aliphatic heterocycles. The first kappa shape index (κ1) is 74.1. The van der Waals surface area contributed by atoms with E-state index in [1.165, 1.54) is 103 Å². The van der Waals surface area contributed by atoms with Crippen LogP contribution in [-0.2, 0) is 19.2 Å². The van der Waals surface area contributed by atoms with Gasteiger partial charge >= 0.3 is 177 Å². The van der Waals surface area contributed by atoms with Gasteiger partial charge in [0.2, 0.25) is 0 Å². The van der Waals surface area contributed by atoms with Gasteiger partial charge in [0, 0.05) is 23.9 Å². The molecule has 0 aromatic carbocycles. The predicted molar refractivity (Wildman–Crippen MR) is 149 cm³/mol. The summed E-state index contributed by atoms with van der Waals surface area (Å²) in [4.78, 5) is 38.3. The zero-order valence-electron chi connectivity index (χ0n) is 31.5. The largest absolute Gasteiger partial charge is 1.00 e. The van der Waals surface area contributed by atoms with E-state index in [1.807, 2.05) is 0 Å². The number of hydrogen-bond acceptors (Lipinski definition) is 8. The van der Waals surface area contributed by atoms with Crippen molar-refractivity contribution in [2.24, 2.45) is 0 Å². The molecule has 0 amide bonds. The molecule has 0 radical (unpaired) electrons. The molecular weight excluding hydrogens is 638 g/mol. The normalized spacial score (nSPS) is 8.36. The number of carboxylic acids is 4. The van der Waals surface area contributed by atoms with Gasteiger partial charge in [-0.2, -0.15) is 0 Å². The van der Waals surface area contributed by atoms with E-state index >= 15 is 0 Å². The average Bonchev–Trinajstić information content (AvgIpc) is 2.86. The van der Waals surface area contributed by atoms with E-state index < -0.39 is 23.9 Å².